The highest BCUT2D eigenvalue weighted by molar-refractivity contribution is 7.89. The molecule has 0 saturated heterocycles. The number of anilines is 2. The summed E-state index contributed by atoms with van der Waals surface area (Å²) in [6.45, 7) is 4.06. The van der Waals surface area contributed by atoms with Crippen LogP contribution in [0.15, 0.2) is 59.8 Å². The molecular formula is C21H21F3N4O2S. The average Bonchev–Trinajstić information content (AvgIpc) is 2.73. The molecule has 0 amide bonds. The van der Waals surface area contributed by atoms with Crippen molar-refractivity contribution in [1.29, 1.82) is 0 Å². The summed E-state index contributed by atoms with van der Waals surface area (Å²) < 4.78 is 65.1. The molecule has 6 nitrogen and oxygen atoms in total. The minimum atomic E-state index is -4.48. The zero-order chi connectivity index (χ0) is 22.8. The summed E-state index contributed by atoms with van der Waals surface area (Å²) in [5.74, 6) is 0.448. The molecule has 31 heavy (non-hydrogen) atoms. The van der Waals surface area contributed by atoms with Crippen molar-refractivity contribution >= 4 is 21.5 Å². The van der Waals surface area contributed by atoms with E-state index in [1.807, 2.05) is 19.9 Å². The van der Waals surface area contributed by atoms with Gasteiger partial charge in [-0.05, 0) is 54.9 Å². The topological polar surface area (TPSA) is 84.0 Å². The third-order valence-corrected chi connectivity index (χ3v) is 6.06. The van der Waals surface area contributed by atoms with Gasteiger partial charge >= 0.3 is 6.18 Å². The van der Waals surface area contributed by atoms with Gasteiger partial charge in [-0.3, -0.25) is 4.98 Å². The Morgan fingerprint density at radius 2 is 1.71 bits per heavy atom. The van der Waals surface area contributed by atoms with E-state index in [0.717, 1.165) is 17.8 Å². The first kappa shape index (κ1) is 22.7. The van der Waals surface area contributed by atoms with Crippen LogP contribution in [0.25, 0.3) is 11.3 Å². The van der Waals surface area contributed by atoms with Gasteiger partial charge in [-0.25, -0.2) is 18.1 Å². The fourth-order valence-corrected chi connectivity index (χ4v) is 3.56. The number of rotatable bonds is 6. The lowest BCUT2D eigenvalue weighted by Crippen LogP contribution is -2.18. The molecule has 1 aromatic carbocycles. The number of hydrogen-bond acceptors (Lipinski definition) is 5. The van der Waals surface area contributed by atoms with Gasteiger partial charge in [-0.2, -0.15) is 13.2 Å². The van der Waals surface area contributed by atoms with Crippen LogP contribution in [0.3, 0.4) is 0 Å². The molecule has 0 aliphatic heterocycles. The second-order valence-corrected chi connectivity index (χ2v) is 8.99. The number of sulfonamides is 1. The molecule has 2 heterocycles. The van der Waals surface area contributed by atoms with Gasteiger partial charge in [0.05, 0.1) is 16.2 Å². The van der Waals surface area contributed by atoms with Crippen LogP contribution in [0.2, 0.25) is 0 Å². The maximum Gasteiger partial charge on any atom is 0.417 e. The molecule has 0 atom stereocenters. The molecule has 0 radical (unpaired) electrons. The van der Waals surface area contributed by atoms with Gasteiger partial charge in [0.1, 0.15) is 5.82 Å². The third-order valence-electron chi connectivity index (χ3n) is 4.65. The zero-order valence-corrected chi connectivity index (χ0v) is 17.8. The summed E-state index contributed by atoms with van der Waals surface area (Å²) in [5, 5.41) is 2.95. The van der Waals surface area contributed by atoms with Crippen LogP contribution in [-0.2, 0) is 16.2 Å². The Hall–Kier alpha value is -2.98. The van der Waals surface area contributed by atoms with Crippen molar-refractivity contribution in [3.8, 4) is 11.3 Å². The number of benzene rings is 1. The molecule has 0 saturated carbocycles. The van der Waals surface area contributed by atoms with E-state index < -0.39 is 21.8 Å². The molecule has 0 spiro atoms. The van der Waals surface area contributed by atoms with Crippen molar-refractivity contribution in [2.24, 2.45) is 0 Å². The van der Waals surface area contributed by atoms with Crippen LogP contribution in [0.4, 0.5) is 24.7 Å². The van der Waals surface area contributed by atoms with Crippen LogP contribution >= 0.6 is 0 Å². The maximum atomic E-state index is 12.8. The molecular weight excluding hydrogens is 429 g/mol. The number of hydrogen-bond donors (Lipinski definition) is 2. The molecule has 0 bridgehead atoms. The van der Waals surface area contributed by atoms with E-state index in [9.17, 15) is 21.6 Å². The summed E-state index contributed by atoms with van der Waals surface area (Å²) in [6, 6.07) is 10.2. The average molecular weight is 450 g/mol. The Labute approximate surface area is 178 Å². The minimum Gasteiger partial charge on any atom is -0.340 e. The minimum absolute atomic E-state index is 0.0330. The van der Waals surface area contributed by atoms with Crippen LogP contribution in [0.1, 0.15) is 30.9 Å². The van der Waals surface area contributed by atoms with Crippen LogP contribution < -0.4 is 10.0 Å². The van der Waals surface area contributed by atoms with Gasteiger partial charge in [-0.1, -0.05) is 19.9 Å². The Bertz CT molecular complexity index is 1160. The molecule has 3 rings (SSSR count). The van der Waals surface area contributed by atoms with Crippen molar-refractivity contribution in [3.63, 3.8) is 0 Å². The van der Waals surface area contributed by atoms with Crippen molar-refractivity contribution in [2.75, 3.05) is 12.4 Å². The largest absolute Gasteiger partial charge is 0.417 e. The first-order chi connectivity index (χ1) is 14.5. The highest BCUT2D eigenvalue weighted by Gasteiger charge is 2.30. The Kier molecular flexibility index (Phi) is 6.33. The molecule has 10 heteroatoms. The number of aromatic nitrogens is 2. The number of halogens is 3. The van der Waals surface area contributed by atoms with E-state index in [2.05, 4.69) is 20.0 Å². The lowest BCUT2D eigenvalue weighted by atomic mass is 10.0. The molecule has 0 fully saturated rings. The van der Waals surface area contributed by atoms with Gasteiger partial charge in [0.2, 0.25) is 10.0 Å². The van der Waals surface area contributed by atoms with Crippen molar-refractivity contribution < 1.29 is 21.6 Å². The zero-order valence-electron chi connectivity index (χ0n) is 17.0. The van der Waals surface area contributed by atoms with E-state index in [4.69, 9.17) is 0 Å². The van der Waals surface area contributed by atoms with E-state index in [1.165, 1.54) is 31.3 Å². The predicted octanol–water partition coefficient (Wildman–Crippen LogP) is 4.94. The molecule has 0 aliphatic rings. The van der Waals surface area contributed by atoms with E-state index in [0.29, 0.717) is 16.9 Å². The predicted molar refractivity (Wildman–Crippen MR) is 113 cm³/mol. The van der Waals surface area contributed by atoms with Crippen LogP contribution in [0.5, 0.6) is 0 Å². The van der Waals surface area contributed by atoms with Crippen molar-refractivity contribution in [1.82, 2.24) is 14.7 Å². The summed E-state index contributed by atoms with van der Waals surface area (Å²) in [5.41, 5.74) is 1.58. The summed E-state index contributed by atoms with van der Waals surface area (Å²) in [4.78, 5) is 8.29. The van der Waals surface area contributed by atoms with E-state index in [1.54, 1.807) is 12.3 Å². The second-order valence-electron chi connectivity index (χ2n) is 7.10. The number of nitrogens with one attached hydrogen (secondary N) is 2. The van der Waals surface area contributed by atoms with Crippen LogP contribution in [-0.4, -0.2) is 25.4 Å². The monoisotopic (exact) mass is 450 g/mol. The molecule has 3 aromatic rings. The summed E-state index contributed by atoms with van der Waals surface area (Å²) in [7, 11) is -2.40. The highest BCUT2D eigenvalue weighted by atomic mass is 32.2. The lowest BCUT2D eigenvalue weighted by molar-refractivity contribution is -0.137. The second kappa shape index (κ2) is 8.64. The number of alkyl halides is 3. The first-order valence-corrected chi connectivity index (χ1v) is 10.8. The van der Waals surface area contributed by atoms with E-state index >= 15 is 0 Å². The van der Waals surface area contributed by atoms with Gasteiger partial charge < -0.3 is 5.32 Å². The fourth-order valence-electron chi connectivity index (χ4n) is 2.81. The van der Waals surface area contributed by atoms with E-state index in [-0.39, 0.29) is 16.6 Å². The van der Waals surface area contributed by atoms with Crippen LogP contribution in [0, 0.1) is 0 Å². The smallest absolute Gasteiger partial charge is 0.340 e. The number of pyridine rings is 2. The number of nitrogens with zero attached hydrogens (tertiary/aromatic N) is 2. The Morgan fingerprint density at radius 3 is 2.23 bits per heavy atom. The normalized spacial score (nSPS) is 12.2. The van der Waals surface area contributed by atoms with Crippen molar-refractivity contribution in [2.45, 2.75) is 30.8 Å². The maximum absolute atomic E-state index is 12.8. The van der Waals surface area contributed by atoms with Gasteiger partial charge in [0.15, 0.2) is 0 Å². The summed E-state index contributed by atoms with van der Waals surface area (Å²) in [6.07, 6.45) is -2.04. The lowest BCUT2D eigenvalue weighted by Gasteiger charge is -2.15. The molecule has 2 aromatic heterocycles. The quantitative estimate of drug-likeness (QED) is 0.556. The fraction of sp³-hybridized carbons (Fsp3) is 0.238. The Balaban J connectivity index is 2.05. The molecule has 0 aliphatic carbocycles. The molecule has 164 valence electrons. The standard InChI is InChI=1S/C21H21F3N4O2S/c1-13(2)14-4-7-18(26-11-14)17-10-16(31(29,30)25-3)6-8-19(17)28-20-9-5-15(12-27-20)21(22,23)24/h4-13,25H,1-3H3,(H,27,28). The molecule has 2 N–H and O–H groups in total. The SMILES string of the molecule is CNS(=O)(=O)c1ccc(Nc2ccc(C(F)(F)F)cn2)c(-c2ccc(C(C)C)cn2)c1. The van der Waals surface area contributed by atoms with Gasteiger partial charge in [0.25, 0.3) is 0 Å². The third kappa shape index (κ3) is 5.20. The van der Waals surface area contributed by atoms with Crippen molar-refractivity contribution in [3.05, 3.63) is 66.0 Å². The Morgan fingerprint density at radius 1 is 0.968 bits per heavy atom. The first-order valence-electron chi connectivity index (χ1n) is 9.35. The highest BCUT2D eigenvalue weighted by Crippen LogP contribution is 2.33. The van der Waals surface area contributed by atoms with Gasteiger partial charge in [0, 0.05) is 23.6 Å². The molecule has 0 unspecified atom stereocenters. The summed E-state index contributed by atoms with van der Waals surface area (Å²) >= 11 is 0. The van der Waals surface area contributed by atoms with Gasteiger partial charge in [-0.15, -0.1) is 0 Å².